The second kappa shape index (κ2) is 3.12. The number of benzene rings is 1. The normalized spacial score (nSPS) is 14.9. The fourth-order valence-corrected chi connectivity index (χ4v) is 1.79. The molecule has 1 aromatic carbocycles. The minimum absolute atomic E-state index is 0.0180. The van der Waals surface area contributed by atoms with Gasteiger partial charge in [0.25, 0.3) is 5.91 Å². The summed E-state index contributed by atoms with van der Waals surface area (Å²) in [6.07, 6.45) is 0.427. The van der Waals surface area contributed by atoms with Crippen LogP contribution in [0, 0.1) is 0 Å². The molecule has 0 fully saturated rings. The number of anilines is 1. The second-order valence-corrected chi connectivity index (χ2v) is 3.74. The van der Waals surface area contributed by atoms with E-state index in [4.69, 9.17) is 4.84 Å². The first-order chi connectivity index (χ1) is 6.22. The van der Waals surface area contributed by atoms with Crippen molar-refractivity contribution >= 4 is 27.5 Å². The van der Waals surface area contributed by atoms with Crippen LogP contribution in [0.3, 0.4) is 0 Å². The molecule has 1 aliphatic rings. The molecular formula is C9H8BrNO2. The quantitative estimate of drug-likeness (QED) is 0.752. The van der Waals surface area contributed by atoms with Gasteiger partial charge in [0.1, 0.15) is 0 Å². The molecule has 0 saturated heterocycles. The molecule has 0 unspecified atom stereocenters. The SMILES string of the molecule is CON1C(=O)Cc2ccc(Br)cc21. The summed E-state index contributed by atoms with van der Waals surface area (Å²) in [4.78, 5) is 16.3. The van der Waals surface area contributed by atoms with Crippen molar-refractivity contribution in [3.8, 4) is 0 Å². The summed E-state index contributed by atoms with van der Waals surface area (Å²) in [6, 6.07) is 5.73. The predicted molar refractivity (Wildman–Crippen MR) is 52.3 cm³/mol. The van der Waals surface area contributed by atoms with Gasteiger partial charge in [-0.05, 0) is 17.7 Å². The lowest BCUT2D eigenvalue weighted by atomic mass is 10.2. The van der Waals surface area contributed by atoms with E-state index in [0.717, 1.165) is 15.7 Å². The van der Waals surface area contributed by atoms with E-state index in [1.54, 1.807) is 0 Å². The Hall–Kier alpha value is -0.870. The molecule has 4 heteroatoms. The van der Waals surface area contributed by atoms with Crippen molar-refractivity contribution in [1.82, 2.24) is 0 Å². The minimum Gasteiger partial charge on any atom is -0.272 e. The first-order valence-corrected chi connectivity index (χ1v) is 4.67. The zero-order valence-electron chi connectivity index (χ0n) is 7.08. The molecule has 1 heterocycles. The van der Waals surface area contributed by atoms with Crippen LogP contribution in [-0.2, 0) is 16.1 Å². The number of hydrogen-bond donors (Lipinski definition) is 0. The van der Waals surface area contributed by atoms with Crippen molar-refractivity contribution in [2.75, 3.05) is 12.2 Å². The molecule has 0 spiro atoms. The molecule has 0 radical (unpaired) electrons. The van der Waals surface area contributed by atoms with Gasteiger partial charge in [0.05, 0.1) is 19.2 Å². The van der Waals surface area contributed by atoms with Crippen LogP contribution in [0.25, 0.3) is 0 Å². The second-order valence-electron chi connectivity index (χ2n) is 2.82. The van der Waals surface area contributed by atoms with Crippen LogP contribution in [0.4, 0.5) is 5.69 Å². The molecule has 0 bridgehead atoms. The predicted octanol–water partition coefficient (Wildman–Crippen LogP) is 1.90. The summed E-state index contributed by atoms with van der Waals surface area (Å²) in [5, 5.41) is 1.32. The maximum Gasteiger partial charge on any atom is 0.255 e. The lowest BCUT2D eigenvalue weighted by Crippen LogP contribution is -2.24. The van der Waals surface area contributed by atoms with Crippen molar-refractivity contribution in [2.45, 2.75) is 6.42 Å². The molecule has 1 aromatic rings. The van der Waals surface area contributed by atoms with Crippen LogP contribution < -0.4 is 5.06 Å². The van der Waals surface area contributed by atoms with Gasteiger partial charge in [0, 0.05) is 4.47 Å². The average molecular weight is 242 g/mol. The van der Waals surface area contributed by atoms with Gasteiger partial charge in [-0.2, -0.15) is 5.06 Å². The van der Waals surface area contributed by atoms with E-state index in [0.29, 0.717) is 6.42 Å². The van der Waals surface area contributed by atoms with E-state index in [9.17, 15) is 4.79 Å². The third-order valence-corrected chi connectivity index (χ3v) is 2.51. The molecule has 1 aliphatic heterocycles. The number of hydroxylamine groups is 1. The Balaban J connectivity index is 2.50. The van der Waals surface area contributed by atoms with Crippen LogP contribution in [-0.4, -0.2) is 13.0 Å². The molecule has 13 heavy (non-hydrogen) atoms. The summed E-state index contributed by atoms with van der Waals surface area (Å²) >= 11 is 3.35. The Kier molecular flexibility index (Phi) is 2.09. The van der Waals surface area contributed by atoms with Gasteiger partial charge in [-0.25, -0.2) is 0 Å². The molecule has 68 valence electrons. The van der Waals surface area contributed by atoms with E-state index < -0.39 is 0 Å². The van der Waals surface area contributed by atoms with Crippen molar-refractivity contribution in [1.29, 1.82) is 0 Å². The number of fused-ring (bicyclic) bond motifs is 1. The number of rotatable bonds is 1. The Morgan fingerprint density at radius 3 is 3.00 bits per heavy atom. The molecule has 0 N–H and O–H groups in total. The van der Waals surface area contributed by atoms with Crippen molar-refractivity contribution < 1.29 is 9.63 Å². The molecule has 2 rings (SSSR count). The third kappa shape index (κ3) is 1.36. The topological polar surface area (TPSA) is 29.5 Å². The summed E-state index contributed by atoms with van der Waals surface area (Å²) in [5.74, 6) is -0.0180. The van der Waals surface area contributed by atoms with Gasteiger partial charge in [0.2, 0.25) is 0 Å². The first kappa shape index (κ1) is 8.72. The van der Waals surface area contributed by atoms with Crippen LogP contribution in [0.1, 0.15) is 5.56 Å². The van der Waals surface area contributed by atoms with E-state index in [1.165, 1.54) is 12.2 Å². The van der Waals surface area contributed by atoms with Crippen LogP contribution in [0.2, 0.25) is 0 Å². The number of halogens is 1. The highest BCUT2D eigenvalue weighted by Crippen LogP contribution is 2.31. The molecule has 1 amide bonds. The molecule has 0 aliphatic carbocycles. The summed E-state index contributed by atoms with van der Waals surface area (Å²) in [5.41, 5.74) is 1.84. The average Bonchev–Trinajstić information content (AvgIpc) is 2.40. The van der Waals surface area contributed by atoms with Crippen LogP contribution in [0.5, 0.6) is 0 Å². The van der Waals surface area contributed by atoms with E-state index in [1.807, 2.05) is 18.2 Å². The highest BCUT2D eigenvalue weighted by molar-refractivity contribution is 9.10. The van der Waals surface area contributed by atoms with Gasteiger partial charge in [0.15, 0.2) is 0 Å². The summed E-state index contributed by atoms with van der Waals surface area (Å²) < 4.78 is 0.947. The monoisotopic (exact) mass is 241 g/mol. The van der Waals surface area contributed by atoms with Crippen molar-refractivity contribution in [2.24, 2.45) is 0 Å². The van der Waals surface area contributed by atoms with Crippen LogP contribution in [0.15, 0.2) is 22.7 Å². The zero-order chi connectivity index (χ0) is 9.42. The molecule has 0 aromatic heterocycles. The Bertz CT molecular complexity index is 365. The van der Waals surface area contributed by atoms with Gasteiger partial charge >= 0.3 is 0 Å². The number of hydrogen-bond acceptors (Lipinski definition) is 2. The number of amides is 1. The highest BCUT2D eigenvalue weighted by atomic mass is 79.9. The van der Waals surface area contributed by atoms with Crippen LogP contribution >= 0.6 is 15.9 Å². The minimum atomic E-state index is -0.0180. The van der Waals surface area contributed by atoms with Crippen molar-refractivity contribution in [3.05, 3.63) is 28.2 Å². The van der Waals surface area contributed by atoms with Gasteiger partial charge in [-0.15, -0.1) is 0 Å². The number of carbonyl (C=O) groups is 1. The lowest BCUT2D eigenvalue weighted by Gasteiger charge is -2.13. The Morgan fingerprint density at radius 2 is 2.31 bits per heavy atom. The fraction of sp³-hybridized carbons (Fsp3) is 0.222. The molecule has 0 saturated carbocycles. The fourth-order valence-electron chi connectivity index (χ4n) is 1.44. The molecule has 0 atom stereocenters. The van der Waals surface area contributed by atoms with Gasteiger partial charge in [-0.3, -0.25) is 9.63 Å². The first-order valence-electron chi connectivity index (χ1n) is 3.88. The zero-order valence-corrected chi connectivity index (χ0v) is 8.67. The molecular weight excluding hydrogens is 234 g/mol. The maximum absolute atomic E-state index is 11.4. The summed E-state index contributed by atoms with van der Waals surface area (Å²) in [6.45, 7) is 0. The Labute approximate surface area is 84.4 Å². The molecule has 3 nitrogen and oxygen atoms in total. The standard InChI is InChI=1S/C9H8BrNO2/c1-13-11-8-5-7(10)3-2-6(8)4-9(11)12/h2-3,5H,4H2,1H3. The van der Waals surface area contributed by atoms with E-state index in [2.05, 4.69) is 15.9 Å². The van der Waals surface area contributed by atoms with Gasteiger partial charge in [-0.1, -0.05) is 22.0 Å². The maximum atomic E-state index is 11.4. The van der Waals surface area contributed by atoms with Crippen molar-refractivity contribution in [3.63, 3.8) is 0 Å². The highest BCUT2D eigenvalue weighted by Gasteiger charge is 2.27. The number of carbonyl (C=O) groups excluding carboxylic acids is 1. The Morgan fingerprint density at radius 1 is 1.54 bits per heavy atom. The summed E-state index contributed by atoms with van der Waals surface area (Å²) in [7, 11) is 1.49. The van der Waals surface area contributed by atoms with Gasteiger partial charge < -0.3 is 0 Å². The van der Waals surface area contributed by atoms with E-state index >= 15 is 0 Å². The third-order valence-electron chi connectivity index (χ3n) is 2.02. The smallest absolute Gasteiger partial charge is 0.255 e. The number of nitrogens with zero attached hydrogens (tertiary/aromatic N) is 1. The lowest BCUT2D eigenvalue weighted by molar-refractivity contribution is -0.123. The largest absolute Gasteiger partial charge is 0.272 e. The van der Waals surface area contributed by atoms with E-state index in [-0.39, 0.29) is 5.91 Å².